The number of ether oxygens (including phenoxy) is 2. The Morgan fingerprint density at radius 2 is 2.38 bits per heavy atom. The van der Waals surface area contributed by atoms with Gasteiger partial charge in [-0.3, -0.25) is 0 Å². The number of rotatable bonds is 5. The number of nitrogens with two attached hydrogens (primary N) is 1. The lowest BCUT2D eigenvalue weighted by molar-refractivity contribution is 0.0851. The molecule has 2 atom stereocenters. The standard InChI is InChI=1S/C10H21NO2/c1-3-12-7-4-5-10(11)6-8-13-9(10)2/h9H,3-8,11H2,1-2H3. The zero-order valence-electron chi connectivity index (χ0n) is 8.71. The molecular formula is C10H21NO2. The molecule has 0 amide bonds. The zero-order valence-corrected chi connectivity index (χ0v) is 8.71. The van der Waals surface area contributed by atoms with Crippen LogP contribution >= 0.6 is 0 Å². The fourth-order valence-corrected chi connectivity index (χ4v) is 1.77. The van der Waals surface area contributed by atoms with Crippen molar-refractivity contribution in [3.8, 4) is 0 Å². The quantitative estimate of drug-likeness (QED) is 0.660. The van der Waals surface area contributed by atoms with Crippen molar-refractivity contribution in [2.45, 2.75) is 44.8 Å². The van der Waals surface area contributed by atoms with Crippen LogP contribution < -0.4 is 5.73 Å². The summed E-state index contributed by atoms with van der Waals surface area (Å²) in [7, 11) is 0. The average molecular weight is 187 g/mol. The molecule has 1 saturated heterocycles. The second-order valence-corrected chi connectivity index (χ2v) is 3.80. The largest absolute Gasteiger partial charge is 0.382 e. The first kappa shape index (κ1) is 11.0. The minimum atomic E-state index is -0.100. The Labute approximate surface area is 80.6 Å². The van der Waals surface area contributed by atoms with Gasteiger partial charge in [0.15, 0.2) is 0 Å². The summed E-state index contributed by atoms with van der Waals surface area (Å²) in [6.45, 7) is 6.51. The molecule has 1 aliphatic heterocycles. The Kier molecular flexibility index (Phi) is 4.16. The van der Waals surface area contributed by atoms with E-state index in [-0.39, 0.29) is 11.6 Å². The Morgan fingerprint density at radius 1 is 1.62 bits per heavy atom. The lowest BCUT2D eigenvalue weighted by Gasteiger charge is -2.27. The third-order valence-electron chi connectivity index (χ3n) is 2.88. The zero-order chi connectivity index (χ0) is 9.73. The maximum Gasteiger partial charge on any atom is 0.0727 e. The van der Waals surface area contributed by atoms with Gasteiger partial charge in [-0.15, -0.1) is 0 Å². The van der Waals surface area contributed by atoms with Crippen molar-refractivity contribution in [2.24, 2.45) is 5.73 Å². The molecule has 1 fully saturated rings. The molecule has 1 aliphatic rings. The lowest BCUT2D eigenvalue weighted by atomic mass is 9.88. The molecule has 78 valence electrons. The van der Waals surface area contributed by atoms with Crippen molar-refractivity contribution in [2.75, 3.05) is 19.8 Å². The van der Waals surface area contributed by atoms with Gasteiger partial charge in [-0.25, -0.2) is 0 Å². The molecule has 0 aromatic carbocycles. The Balaban J connectivity index is 2.18. The second-order valence-electron chi connectivity index (χ2n) is 3.80. The van der Waals surface area contributed by atoms with E-state index in [1.54, 1.807) is 0 Å². The van der Waals surface area contributed by atoms with E-state index in [0.717, 1.165) is 39.1 Å². The minimum Gasteiger partial charge on any atom is -0.382 e. The van der Waals surface area contributed by atoms with Crippen LogP contribution in [0.3, 0.4) is 0 Å². The van der Waals surface area contributed by atoms with Crippen LogP contribution in [0.5, 0.6) is 0 Å². The Bertz CT molecular complexity index is 152. The van der Waals surface area contributed by atoms with Crippen molar-refractivity contribution in [3.63, 3.8) is 0 Å². The molecule has 13 heavy (non-hydrogen) atoms. The van der Waals surface area contributed by atoms with Crippen molar-refractivity contribution in [3.05, 3.63) is 0 Å². The highest BCUT2D eigenvalue weighted by Crippen LogP contribution is 2.27. The van der Waals surface area contributed by atoms with Crippen LogP contribution in [0.25, 0.3) is 0 Å². The fraction of sp³-hybridized carbons (Fsp3) is 1.00. The molecule has 0 saturated carbocycles. The molecule has 2 unspecified atom stereocenters. The molecule has 0 radical (unpaired) electrons. The van der Waals surface area contributed by atoms with Gasteiger partial charge in [0.05, 0.1) is 6.10 Å². The number of hydrogen-bond acceptors (Lipinski definition) is 3. The summed E-state index contributed by atoms with van der Waals surface area (Å²) >= 11 is 0. The van der Waals surface area contributed by atoms with Crippen LogP contribution in [-0.4, -0.2) is 31.5 Å². The van der Waals surface area contributed by atoms with Gasteiger partial charge in [0, 0.05) is 25.4 Å². The van der Waals surface area contributed by atoms with Crippen LogP contribution in [0.2, 0.25) is 0 Å². The Hall–Kier alpha value is -0.120. The maximum absolute atomic E-state index is 6.20. The molecule has 2 N–H and O–H groups in total. The third-order valence-corrected chi connectivity index (χ3v) is 2.88. The van der Waals surface area contributed by atoms with E-state index in [0.29, 0.717) is 0 Å². The number of hydrogen-bond donors (Lipinski definition) is 1. The molecule has 0 bridgehead atoms. The summed E-state index contributed by atoms with van der Waals surface area (Å²) in [6.07, 6.45) is 3.24. The predicted molar refractivity (Wildman–Crippen MR) is 52.7 cm³/mol. The molecule has 0 aromatic heterocycles. The van der Waals surface area contributed by atoms with Gasteiger partial charge in [0.2, 0.25) is 0 Å². The van der Waals surface area contributed by atoms with E-state index in [2.05, 4.69) is 6.92 Å². The van der Waals surface area contributed by atoms with Gasteiger partial charge in [-0.2, -0.15) is 0 Å². The molecule has 0 spiro atoms. The smallest absolute Gasteiger partial charge is 0.0727 e. The van der Waals surface area contributed by atoms with Crippen molar-refractivity contribution >= 4 is 0 Å². The first-order valence-electron chi connectivity index (χ1n) is 5.17. The first-order chi connectivity index (χ1) is 6.19. The van der Waals surface area contributed by atoms with Crippen LogP contribution in [0.15, 0.2) is 0 Å². The normalized spacial score (nSPS) is 33.9. The van der Waals surface area contributed by atoms with E-state index >= 15 is 0 Å². The summed E-state index contributed by atoms with van der Waals surface area (Å²) in [4.78, 5) is 0. The second kappa shape index (κ2) is 4.94. The van der Waals surface area contributed by atoms with Gasteiger partial charge in [0.25, 0.3) is 0 Å². The summed E-state index contributed by atoms with van der Waals surface area (Å²) in [5.74, 6) is 0. The van der Waals surface area contributed by atoms with Gasteiger partial charge < -0.3 is 15.2 Å². The molecular weight excluding hydrogens is 166 g/mol. The first-order valence-corrected chi connectivity index (χ1v) is 5.17. The van der Waals surface area contributed by atoms with Gasteiger partial charge in [-0.05, 0) is 33.1 Å². The molecule has 1 rings (SSSR count). The molecule has 3 heteroatoms. The van der Waals surface area contributed by atoms with E-state index in [1.165, 1.54) is 0 Å². The Morgan fingerprint density at radius 3 is 2.92 bits per heavy atom. The van der Waals surface area contributed by atoms with E-state index in [9.17, 15) is 0 Å². The minimum absolute atomic E-state index is 0.100. The molecule has 3 nitrogen and oxygen atoms in total. The third kappa shape index (κ3) is 2.93. The highest BCUT2D eigenvalue weighted by molar-refractivity contribution is 4.94. The van der Waals surface area contributed by atoms with E-state index < -0.39 is 0 Å². The highest BCUT2D eigenvalue weighted by atomic mass is 16.5. The van der Waals surface area contributed by atoms with E-state index in [4.69, 9.17) is 15.2 Å². The van der Waals surface area contributed by atoms with E-state index in [1.807, 2.05) is 6.92 Å². The summed E-state index contributed by atoms with van der Waals surface area (Å²) in [5, 5.41) is 0. The summed E-state index contributed by atoms with van der Waals surface area (Å²) in [5.41, 5.74) is 6.10. The van der Waals surface area contributed by atoms with Crippen LogP contribution in [0.4, 0.5) is 0 Å². The van der Waals surface area contributed by atoms with Crippen LogP contribution in [-0.2, 0) is 9.47 Å². The van der Waals surface area contributed by atoms with Crippen molar-refractivity contribution < 1.29 is 9.47 Å². The molecule has 0 aliphatic carbocycles. The summed E-state index contributed by atoms with van der Waals surface area (Å²) < 4.78 is 10.7. The average Bonchev–Trinajstić information content (AvgIpc) is 2.42. The monoisotopic (exact) mass is 187 g/mol. The van der Waals surface area contributed by atoms with Gasteiger partial charge in [-0.1, -0.05) is 0 Å². The molecule has 0 aromatic rings. The van der Waals surface area contributed by atoms with Crippen LogP contribution in [0, 0.1) is 0 Å². The summed E-state index contributed by atoms with van der Waals surface area (Å²) in [6, 6.07) is 0. The van der Waals surface area contributed by atoms with Crippen LogP contribution in [0.1, 0.15) is 33.1 Å². The predicted octanol–water partition coefficient (Wildman–Crippen LogP) is 1.31. The molecule has 1 heterocycles. The SMILES string of the molecule is CCOCCCC1(N)CCOC1C. The highest BCUT2D eigenvalue weighted by Gasteiger charge is 2.36. The fourth-order valence-electron chi connectivity index (χ4n) is 1.77. The topological polar surface area (TPSA) is 44.5 Å². The lowest BCUT2D eigenvalue weighted by Crippen LogP contribution is -2.46. The van der Waals surface area contributed by atoms with Gasteiger partial charge >= 0.3 is 0 Å². The van der Waals surface area contributed by atoms with Crippen molar-refractivity contribution in [1.82, 2.24) is 0 Å². The maximum atomic E-state index is 6.20. The van der Waals surface area contributed by atoms with Crippen molar-refractivity contribution in [1.29, 1.82) is 0 Å². The van der Waals surface area contributed by atoms with Gasteiger partial charge in [0.1, 0.15) is 0 Å².